The fourth-order valence-electron chi connectivity index (χ4n) is 2.30. The highest BCUT2D eigenvalue weighted by atomic mass is 16.1. The molecule has 16 heavy (non-hydrogen) atoms. The maximum absolute atomic E-state index is 11.2. The topological polar surface area (TPSA) is 20.3 Å². The van der Waals surface area contributed by atoms with Crippen molar-refractivity contribution in [2.24, 2.45) is 0 Å². The number of rotatable bonds is 4. The SMILES string of the molecule is CN(CCc1ccccc1)C1CCC(=O)C1. The van der Waals surface area contributed by atoms with E-state index in [0.29, 0.717) is 11.8 Å². The maximum Gasteiger partial charge on any atom is 0.134 e. The van der Waals surface area contributed by atoms with Gasteiger partial charge >= 0.3 is 0 Å². The Morgan fingerprint density at radius 3 is 2.69 bits per heavy atom. The Morgan fingerprint density at radius 2 is 2.06 bits per heavy atom. The lowest BCUT2D eigenvalue weighted by molar-refractivity contribution is -0.117. The molecule has 0 aromatic heterocycles. The molecule has 1 aliphatic rings. The van der Waals surface area contributed by atoms with Crippen LogP contribution in [-0.4, -0.2) is 30.3 Å². The third-order valence-corrected chi connectivity index (χ3v) is 3.44. The molecule has 1 saturated carbocycles. The summed E-state index contributed by atoms with van der Waals surface area (Å²) in [5.41, 5.74) is 1.37. The number of hydrogen-bond acceptors (Lipinski definition) is 2. The molecule has 1 atom stereocenters. The second kappa shape index (κ2) is 5.26. The Hall–Kier alpha value is -1.15. The molecule has 1 unspecified atom stereocenters. The summed E-state index contributed by atoms with van der Waals surface area (Å²) in [4.78, 5) is 13.5. The van der Waals surface area contributed by atoms with E-state index in [9.17, 15) is 4.79 Å². The molecule has 1 fully saturated rings. The first kappa shape index (κ1) is 11.3. The normalized spacial score (nSPS) is 20.6. The van der Waals surface area contributed by atoms with Crippen LogP contribution in [0.3, 0.4) is 0 Å². The van der Waals surface area contributed by atoms with Gasteiger partial charge in [0, 0.05) is 25.4 Å². The number of carbonyl (C=O) groups is 1. The minimum Gasteiger partial charge on any atom is -0.303 e. The summed E-state index contributed by atoms with van der Waals surface area (Å²) >= 11 is 0. The van der Waals surface area contributed by atoms with Gasteiger partial charge in [-0.05, 0) is 25.5 Å². The standard InChI is InChI=1S/C14H19NO/c1-15(13-7-8-14(16)11-13)10-9-12-5-3-2-4-6-12/h2-6,13H,7-11H2,1H3. The molecule has 2 heteroatoms. The summed E-state index contributed by atoms with van der Waals surface area (Å²) in [5.74, 6) is 0.427. The third-order valence-electron chi connectivity index (χ3n) is 3.44. The lowest BCUT2D eigenvalue weighted by Crippen LogP contribution is -2.31. The van der Waals surface area contributed by atoms with Gasteiger partial charge in [-0.2, -0.15) is 0 Å². The van der Waals surface area contributed by atoms with Gasteiger partial charge in [-0.15, -0.1) is 0 Å². The van der Waals surface area contributed by atoms with Gasteiger partial charge < -0.3 is 4.90 Å². The Morgan fingerprint density at radius 1 is 1.31 bits per heavy atom. The molecule has 0 saturated heterocycles. The van der Waals surface area contributed by atoms with Crippen molar-refractivity contribution in [3.8, 4) is 0 Å². The molecule has 1 aliphatic carbocycles. The summed E-state index contributed by atoms with van der Waals surface area (Å²) in [6.07, 6.45) is 3.65. The van der Waals surface area contributed by atoms with Gasteiger partial charge in [0.05, 0.1) is 0 Å². The molecule has 1 aromatic rings. The van der Waals surface area contributed by atoms with Crippen LogP contribution >= 0.6 is 0 Å². The molecule has 0 spiro atoms. The van der Waals surface area contributed by atoms with Gasteiger partial charge in [0.1, 0.15) is 5.78 Å². The van der Waals surface area contributed by atoms with E-state index in [2.05, 4.69) is 36.2 Å². The van der Waals surface area contributed by atoms with E-state index < -0.39 is 0 Å². The smallest absolute Gasteiger partial charge is 0.134 e. The van der Waals surface area contributed by atoms with Gasteiger partial charge in [-0.25, -0.2) is 0 Å². The van der Waals surface area contributed by atoms with Gasteiger partial charge in [0.2, 0.25) is 0 Å². The summed E-state index contributed by atoms with van der Waals surface area (Å²) < 4.78 is 0. The molecule has 0 bridgehead atoms. The summed E-state index contributed by atoms with van der Waals surface area (Å²) in [5, 5.41) is 0. The Labute approximate surface area is 97.3 Å². The van der Waals surface area contributed by atoms with E-state index in [1.54, 1.807) is 0 Å². The van der Waals surface area contributed by atoms with Crippen molar-refractivity contribution in [3.05, 3.63) is 35.9 Å². The minimum atomic E-state index is 0.427. The number of likely N-dealkylation sites (N-methyl/N-ethyl adjacent to an activating group) is 1. The molecule has 0 radical (unpaired) electrons. The van der Waals surface area contributed by atoms with E-state index in [4.69, 9.17) is 0 Å². The second-order valence-electron chi connectivity index (χ2n) is 4.65. The highest BCUT2D eigenvalue weighted by molar-refractivity contribution is 5.81. The van der Waals surface area contributed by atoms with Gasteiger partial charge in [-0.1, -0.05) is 30.3 Å². The predicted octanol–water partition coefficient (Wildman–Crippen LogP) is 2.28. The molecule has 1 aromatic carbocycles. The highest BCUT2D eigenvalue weighted by Crippen LogP contribution is 2.19. The number of Topliss-reactive ketones (excluding diaryl/α,β-unsaturated/α-hetero) is 1. The number of carbonyl (C=O) groups excluding carboxylic acids is 1. The van der Waals surface area contributed by atoms with Crippen molar-refractivity contribution < 1.29 is 4.79 Å². The van der Waals surface area contributed by atoms with Crippen LogP contribution in [0.15, 0.2) is 30.3 Å². The minimum absolute atomic E-state index is 0.427. The van der Waals surface area contributed by atoms with Crippen LogP contribution in [0.1, 0.15) is 24.8 Å². The Kier molecular flexibility index (Phi) is 3.73. The summed E-state index contributed by atoms with van der Waals surface area (Å²) in [6, 6.07) is 11.0. The fourth-order valence-corrected chi connectivity index (χ4v) is 2.30. The number of nitrogens with zero attached hydrogens (tertiary/aromatic N) is 1. The van der Waals surface area contributed by atoms with Crippen molar-refractivity contribution in [2.45, 2.75) is 31.7 Å². The van der Waals surface area contributed by atoms with Crippen molar-refractivity contribution in [1.82, 2.24) is 4.90 Å². The van der Waals surface area contributed by atoms with Crippen LogP contribution in [0.25, 0.3) is 0 Å². The molecule has 0 heterocycles. The van der Waals surface area contributed by atoms with Gasteiger partial charge in [0.25, 0.3) is 0 Å². The predicted molar refractivity (Wildman–Crippen MR) is 65.4 cm³/mol. The Balaban J connectivity index is 1.80. The van der Waals surface area contributed by atoms with E-state index >= 15 is 0 Å². The largest absolute Gasteiger partial charge is 0.303 e. The van der Waals surface area contributed by atoms with Crippen molar-refractivity contribution in [1.29, 1.82) is 0 Å². The average Bonchev–Trinajstić information content (AvgIpc) is 2.74. The Bertz CT molecular complexity index is 347. The fraction of sp³-hybridized carbons (Fsp3) is 0.500. The summed E-state index contributed by atoms with van der Waals surface area (Å²) in [7, 11) is 2.13. The van der Waals surface area contributed by atoms with Gasteiger partial charge in [0.15, 0.2) is 0 Å². The number of hydrogen-bond donors (Lipinski definition) is 0. The zero-order valence-corrected chi connectivity index (χ0v) is 9.86. The molecule has 0 aliphatic heterocycles. The van der Waals surface area contributed by atoms with E-state index in [-0.39, 0.29) is 0 Å². The lowest BCUT2D eigenvalue weighted by Gasteiger charge is -2.23. The zero-order valence-electron chi connectivity index (χ0n) is 9.86. The number of benzene rings is 1. The van der Waals surface area contributed by atoms with Crippen LogP contribution in [-0.2, 0) is 11.2 Å². The summed E-state index contributed by atoms with van der Waals surface area (Å²) in [6.45, 7) is 1.04. The van der Waals surface area contributed by atoms with Crippen LogP contribution in [0, 0.1) is 0 Å². The van der Waals surface area contributed by atoms with Crippen LogP contribution in [0.4, 0.5) is 0 Å². The van der Waals surface area contributed by atoms with Crippen LogP contribution < -0.4 is 0 Å². The van der Waals surface area contributed by atoms with E-state index in [1.165, 1.54) is 5.56 Å². The first-order valence-corrected chi connectivity index (χ1v) is 6.01. The van der Waals surface area contributed by atoms with Gasteiger partial charge in [-0.3, -0.25) is 4.79 Å². The van der Waals surface area contributed by atoms with Crippen molar-refractivity contribution >= 4 is 5.78 Å². The van der Waals surface area contributed by atoms with Crippen molar-refractivity contribution in [2.75, 3.05) is 13.6 Å². The molecule has 86 valence electrons. The number of ketones is 1. The average molecular weight is 217 g/mol. The van der Waals surface area contributed by atoms with E-state index in [0.717, 1.165) is 32.2 Å². The van der Waals surface area contributed by atoms with Crippen LogP contribution in [0.5, 0.6) is 0 Å². The molecule has 0 N–H and O–H groups in total. The first-order chi connectivity index (χ1) is 7.75. The molecular formula is C14H19NO. The molecular weight excluding hydrogens is 198 g/mol. The molecule has 0 amide bonds. The second-order valence-corrected chi connectivity index (χ2v) is 4.65. The van der Waals surface area contributed by atoms with Crippen molar-refractivity contribution in [3.63, 3.8) is 0 Å². The maximum atomic E-state index is 11.2. The molecule has 2 nitrogen and oxygen atoms in total. The lowest BCUT2D eigenvalue weighted by atomic mass is 10.1. The molecule has 2 rings (SSSR count). The zero-order chi connectivity index (χ0) is 11.4. The quantitative estimate of drug-likeness (QED) is 0.771. The monoisotopic (exact) mass is 217 g/mol. The van der Waals surface area contributed by atoms with Crippen LogP contribution in [0.2, 0.25) is 0 Å². The highest BCUT2D eigenvalue weighted by Gasteiger charge is 2.24. The first-order valence-electron chi connectivity index (χ1n) is 6.01. The third kappa shape index (κ3) is 2.92. The van der Waals surface area contributed by atoms with E-state index in [1.807, 2.05) is 6.07 Å².